The normalized spacial score (nSPS) is 10.9. The summed E-state index contributed by atoms with van der Waals surface area (Å²) in [5, 5.41) is 1.76. The van der Waals surface area contributed by atoms with Crippen molar-refractivity contribution in [1.29, 1.82) is 0 Å². The van der Waals surface area contributed by atoms with E-state index in [1.165, 1.54) is 11.8 Å². The van der Waals surface area contributed by atoms with Crippen LogP contribution in [0.4, 0.5) is 0 Å². The highest BCUT2D eigenvalue weighted by molar-refractivity contribution is 7.99. The van der Waals surface area contributed by atoms with Gasteiger partial charge in [-0.3, -0.25) is 9.36 Å². The Hall–Kier alpha value is -2.04. The molecule has 3 rings (SSSR count). The molecule has 5 heteroatoms. The summed E-state index contributed by atoms with van der Waals surface area (Å²) in [6.45, 7) is 5.72. The molecular weight excluding hydrogens is 328 g/mol. The molecule has 0 unspecified atom stereocenters. The van der Waals surface area contributed by atoms with Crippen LogP contribution in [-0.2, 0) is 0 Å². The van der Waals surface area contributed by atoms with Crippen molar-refractivity contribution < 1.29 is 0 Å². The van der Waals surface area contributed by atoms with Crippen LogP contribution in [-0.4, -0.2) is 15.3 Å². The van der Waals surface area contributed by atoms with E-state index < -0.39 is 0 Å². The first kappa shape index (κ1) is 15.8. The Balaban J connectivity index is 2.36. The minimum Gasteiger partial charge on any atom is -0.268 e. The topological polar surface area (TPSA) is 34.9 Å². The van der Waals surface area contributed by atoms with Crippen LogP contribution in [0.1, 0.15) is 5.56 Å². The van der Waals surface area contributed by atoms with Crippen molar-refractivity contribution in [2.24, 2.45) is 0 Å². The second-order valence-corrected chi connectivity index (χ2v) is 6.51. The van der Waals surface area contributed by atoms with E-state index in [9.17, 15) is 4.79 Å². The van der Waals surface area contributed by atoms with Crippen molar-refractivity contribution in [3.63, 3.8) is 0 Å². The summed E-state index contributed by atoms with van der Waals surface area (Å²) < 4.78 is 1.67. The molecule has 0 aliphatic rings. The summed E-state index contributed by atoms with van der Waals surface area (Å²) in [4.78, 5) is 17.7. The monoisotopic (exact) mass is 342 g/mol. The molecule has 0 radical (unpaired) electrons. The Bertz CT molecular complexity index is 949. The lowest BCUT2D eigenvalue weighted by Gasteiger charge is -2.14. The smallest absolute Gasteiger partial charge is 0.266 e. The van der Waals surface area contributed by atoms with Gasteiger partial charge in [-0.05, 0) is 36.8 Å². The van der Waals surface area contributed by atoms with E-state index in [1.54, 1.807) is 28.8 Å². The Kier molecular flexibility index (Phi) is 4.55. The van der Waals surface area contributed by atoms with Crippen LogP contribution in [0.25, 0.3) is 16.6 Å². The molecule has 0 saturated heterocycles. The third-order valence-electron chi connectivity index (χ3n) is 3.49. The van der Waals surface area contributed by atoms with E-state index >= 15 is 0 Å². The molecule has 0 atom stereocenters. The van der Waals surface area contributed by atoms with Crippen LogP contribution in [0.5, 0.6) is 0 Å². The van der Waals surface area contributed by atoms with E-state index in [0.29, 0.717) is 26.8 Å². The fourth-order valence-electron chi connectivity index (χ4n) is 2.40. The molecule has 1 heterocycles. The Morgan fingerprint density at radius 2 is 2.09 bits per heavy atom. The molecule has 0 bridgehead atoms. The van der Waals surface area contributed by atoms with Crippen molar-refractivity contribution in [1.82, 2.24) is 9.55 Å². The molecule has 0 aliphatic heterocycles. The van der Waals surface area contributed by atoms with Gasteiger partial charge in [0.25, 0.3) is 5.56 Å². The maximum Gasteiger partial charge on any atom is 0.266 e. The van der Waals surface area contributed by atoms with Gasteiger partial charge in [-0.15, -0.1) is 6.58 Å². The van der Waals surface area contributed by atoms with E-state index in [1.807, 2.05) is 31.2 Å². The van der Waals surface area contributed by atoms with Crippen molar-refractivity contribution in [2.75, 3.05) is 5.75 Å². The molecule has 0 fully saturated rings. The number of hydrogen-bond donors (Lipinski definition) is 0. The van der Waals surface area contributed by atoms with Crippen molar-refractivity contribution in [2.45, 2.75) is 12.1 Å². The van der Waals surface area contributed by atoms with Crippen LogP contribution >= 0.6 is 23.4 Å². The maximum absolute atomic E-state index is 13.0. The zero-order valence-electron chi connectivity index (χ0n) is 12.6. The predicted octanol–water partition coefficient (Wildman–Crippen LogP) is 4.63. The number of fused-ring (bicyclic) bond motifs is 1. The van der Waals surface area contributed by atoms with Gasteiger partial charge in [0.05, 0.1) is 16.6 Å². The molecule has 3 nitrogen and oxygen atoms in total. The number of thioether (sulfide) groups is 1. The minimum absolute atomic E-state index is 0.0903. The lowest BCUT2D eigenvalue weighted by molar-refractivity contribution is 0.815. The summed E-state index contributed by atoms with van der Waals surface area (Å²) in [5.74, 6) is 0.671. The summed E-state index contributed by atoms with van der Waals surface area (Å²) in [6.07, 6.45) is 1.79. The van der Waals surface area contributed by atoms with Gasteiger partial charge in [-0.1, -0.05) is 47.6 Å². The number of aromatic nitrogens is 2. The predicted molar refractivity (Wildman–Crippen MR) is 98.0 cm³/mol. The second kappa shape index (κ2) is 6.60. The van der Waals surface area contributed by atoms with Gasteiger partial charge < -0.3 is 0 Å². The zero-order chi connectivity index (χ0) is 16.4. The van der Waals surface area contributed by atoms with Crippen molar-refractivity contribution in [3.05, 3.63) is 76.1 Å². The van der Waals surface area contributed by atoms with E-state index in [2.05, 4.69) is 11.6 Å². The van der Waals surface area contributed by atoms with Gasteiger partial charge in [0, 0.05) is 10.8 Å². The molecule has 2 aromatic carbocycles. The molecule has 0 amide bonds. The summed E-state index contributed by atoms with van der Waals surface area (Å²) in [7, 11) is 0. The molecular formula is C18H15ClN2OS. The number of benzene rings is 2. The summed E-state index contributed by atoms with van der Waals surface area (Å²) in [6, 6.07) is 12.9. The standard InChI is InChI=1S/C18H15ClN2OS/c1-3-10-23-18-20-15-11-13(19)8-9-14(15)17(22)21(18)16-7-5-4-6-12(16)2/h3-9,11H,1,10H2,2H3. The van der Waals surface area contributed by atoms with Crippen molar-refractivity contribution >= 4 is 34.3 Å². The first-order valence-corrected chi connectivity index (χ1v) is 8.50. The van der Waals surface area contributed by atoms with E-state index in [0.717, 1.165) is 11.3 Å². The quantitative estimate of drug-likeness (QED) is 0.394. The third-order valence-corrected chi connectivity index (χ3v) is 4.66. The summed E-state index contributed by atoms with van der Waals surface area (Å²) >= 11 is 7.51. The average molecular weight is 343 g/mol. The Labute approximate surface area is 143 Å². The van der Waals surface area contributed by atoms with Gasteiger partial charge in [0.2, 0.25) is 0 Å². The molecule has 0 saturated carbocycles. The SMILES string of the molecule is C=CCSc1nc2cc(Cl)ccc2c(=O)n1-c1ccccc1C. The van der Waals surface area contributed by atoms with Crippen LogP contribution in [0.15, 0.2) is 65.1 Å². The van der Waals surface area contributed by atoms with Crippen molar-refractivity contribution in [3.8, 4) is 5.69 Å². The fraction of sp³-hybridized carbons (Fsp3) is 0.111. The number of aryl methyl sites for hydroxylation is 1. The van der Waals surface area contributed by atoms with Crippen LogP contribution in [0, 0.1) is 6.92 Å². The number of hydrogen-bond acceptors (Lipinski definition) is 3. The van der Waals surface area contributed by atoms with Gasteiger partial charge in [-0.2, -0.15) is 0 Å². The number of nitrogens with zero attached hydrogens (tertiary/aromatic N) is 2. The van der Waals surface area contributed by atoms with Crippen LogP contribution in [0.2, 0.25) is 5.02 Å². The van der Waals surface area contributed by atoms with Gasteiger partial charge in [0.1, 0.15) is 0 Å². The highest BCUT2D eigenvalue weighted by atomic mass is 35.5. The van der Waals surface area contributed by atoms with E-state index in [-0.39, 0.29) is 5.56 Å². The van der Waals surface area contributed by atoms with Gasteiger partial charge >= 0.3 is 0 Å². The van der Waals surface area contributed by atoms with Gasteiger partial charge in [-0.25, -0.2) is 4.98 Å². The van der Waals surface area contributed by atoms with Crippen LogP contribution in [0.3, 0.4) is 0 Å². The lowest BCUT2D eigenvalue weighted by Crippen LogP contribution is -2.22. The number of halogens is 1. The zero-order valence-corrected chi connectivity index (χ0v) is 14.2. The maximum atomic E-state index is 13.0. The molecule has 0 aliphatic carbocycles. The summed E-state index contributed by atoms with van der Waals surface area (Å²) in [5.41, 5.74) is 2.38. The Morgan fingerprint density at radius 1 is 1.30 bits per heavy atom. The molecule has 1 aromatic heterocycles. The second-order valence-electron chi connectivity index (χ2n) is 5.08. The Morgan fingerprint density at radius 3 is 2.83 bits per heavy atom. The average Bonchev–Trinajstić information content (AvgIpc) is 2.54. The molecule has 116 valence electrons. The molecule has 0 N–H and O–H groups in total. The van der Waals surface area contributed by atoms with Gasteiger partial charge in [0.15, 0.2) is 5.16 Å². The fourth-order valence-corrected chi connectivity index (χ4v) is 3.30. The minimum atomic E-state index is -0.0903. The lowest BCUT2D eigenvalue weighted by atomic mass is 10.2. The van der Waals surface area contributed by atoms with E-state index in [4.69, 9.17) is 11.6 Å². The number of para-hydroxylation sites is 1. The molecule has 3 aromatic rings. The number of rotatable bonds is 4. The first-order valence-electron chi connectivity index (χ1n) is 7.14. The van der Waals surface area contributed by atoms with Crippen LogP contribution < -0.4 is 5.56 Å². The largest absolute Gasteiger partial charge is 0.268 e. The molecule has 23 heavy (non-hydrogen) atoms. The third kappa shape index (κ3) is 3.05. The molecule has 0 spiro atoms. The highest BCUT2D eigenvalue weighted by Gasteiger charge is 2.14. The highest BCUT2D eigenvalue weighted by Crippen LogP contribution is 2.24. The first-order chi connectivity index (χ1) is 11.1.